The van der Waals surface area contributed by atoms with Crippen molar-refractivity contribution in [3.05, 3.63) is 50.3 Å². The quantitative estimate of drug-likeness (QED) is 0.707. The van der Waals surface area contributed by atoms with Crippen molar-refractivity contribution in [3.8, 4) is 0 Å². The fourth-order valence-corrected chi connectivity index (χ4v) is 2.05. The number of hydrogen-bond donors (Lipinski definition) is 0. The van der Waals surface area contributed by atoms with Gasteiger partial charge in [0.25, 0.3) is 0 Å². The highest BCUT2D eigenvalue weighted by molar-refractivity contribution is 14.1. The van der Waals surface area contributed by atoms with Gasteiger partial charge >= 0.3 is 6.18 Å². The minimum atomic E-state index is -4.33. The Morgan fingerprint density at radius 1 is 1.33 bits per heavy atom. The van der Waals surface area contributed by atoms with E-state index in [4.69, 9.17) is 11.6 Å². The van der Waals surface area contributed by atoms with E-state index in [1.165, 1.54) is 10.7 Å². The predicted molar refractivity (Wildman–Crippen MR) is 70.5 cm³/mol. The summed E-state index contributed by atoms with van der Waals surface area (Å²) >= 11 is 7.79. The fraction of sp³-hybridized carbons (Fsp3) is 0.182. The number of aromatic nitrogens is 2. The Hall–Kier alpha value is -0.760. The van der Waals surface area contributed by atoms with E-state index in [9.17, 15) is 13.2 Å². The van der Waals surface area contributed by atoms with Gasteiger partial charge in [-0.25, -0.2) is 0 Å². The molecule has 1 aromatic carbocycles. The summed E-state index contributed by atoms with van der Waals surface area (Å²) in [7, 11) is 0. The first-order valence-corrected chi connectivity index (χ1v) is 6.36. The van der Waals surface area contributed by atoms with Crippen molar-refractivity contribution in [2.45, 2.75) is 12.7 Å². The molecule has 0 aliphatic carbocycles. The van der Waals surface area contributed by atoms with Crippen LogP contribution in [-0.2, 0) is 12.7 Å². The molecule has 0 N–H and O–H groups in total. The number of nitrogens with zero attached hydrogens (tertiary/aromatic N) is 2. The van der Waals surface area contributed by atoms with Gasteiger partial charge in [-0.3, -0.25) is 4.68 Å². The minimum absolute atomic E-state index is 0.257. The molecule has 1 aromatic heterocycles. The Balaban J connectivity index is 2.24. The highest BCUT2D eigenvalue weighted by Crippen LogP contribution is 2.29. The SMILES string of the molecule is FC(F)(F)c1cccc(Cn2cc(Cl)c(I)n2)c1. The Morgan fingerprint density at radius 3 is 2.61 bits per heavy atom. The molecule has 7 heteroatoms. The molecule has 0 atom stereocenters. The molecule has 2 rings (SSSR count). The summed E-state index contributed by atoms with van der Waals surface area (Å²) in [5.41, 5.74) is -0.131. The molecule has 0 unspecified atom stereocenters. The van der Waals surface area contributed by atoms with Crippen LogP contribution in [0, 0.1) is 3.70 Å². The van der Waals surface area contributed by atoms with Crippen molar-refractivity contribution in [2.24, 2.45) is 0 Å². The van der Waals surface area contributed by atoms with Gasteiger partial charge in [-0.05, 0) is 40.3 Å². The number of hydrogen-bond acceptors (Lipinski definition) is 1. The van der Waals surface area contributed by atoms with Crippen molar-refractivity contribution in [1.82, 2.24) is 9.78 Å². The van der Waals surface area contributed by atoms with Crippen LogP contribution in [0.4, 0.5) is 13.2 Å². The van der Waals surface area contributed by atoms with Crippen molar-refractivity contribution >= 4 is 34.2 Å². The number of benzene rings is 1. The molecule has 0 radical (unpaired) electrons. The Morgan fingerprint density at radius 2 is 2.06 bits per heavy atom. The van der Waals surface area contributed by atoms with Gasteiger partial charge < -0.3 is 0 Å². The summed E-state index contributed by atoms with van der Waals surface area (Å²) in [5.74, 6) is 0. The standard InChI is InChI=1S/C11H7ClF3IN2/c12-9-6-18(17-10(9)16)5-7-2-1-3-8(4-7)11(13,14)15/h1-4,6H,5H2. The first kappa shape index (κ1) is 13.7. The van der Waals surface area contributed by atoms with Gasteiger partial charge in [-0.15, -0.1) is 0 Å². The zero-order valence-corrected chi connectivity index (χ0v) is 11.8. The van der Waals surface area contributed by atoms with Gasteiger partial charge in [0.05, 0.1) is 17.1 Å². The topological polar surface area (TPSA) is 17.8 Å². The average Bonchev–Trinajstić information content (AvgIpc) is 2.57. The minimum Gasteiger partial charge on any atom is -0.266 e. The van der Waals surface area contributed by atoms with Crippen LogP contribution in [0.3, 0.4) is 0 Å². The van der Waals surface area contributed by atoms with Gasteiger partial charge in [-0.1, -0.05) is 23.7 Å². The largest absolute Gasteiger partial charge is 0.416 e. The van der Waals surface area contributed by atoms with Gasteiger partial charge in [0.15, 0.2) is 0 Å². The number of halogens is 5. The molecule has 0 amide bonds. The van der Waals surface area contributed by atoms with Crippen molar-refractivity contribution in [3.63, 3.8) is 0 Å². The van der Waals surface area contributed by atoms with E-state index < -0.39 is 11.7 Å². The zero-order chi connectivity index (χ0) is 13.3. The lowest BCUT2D eigenvalue weighted by molar-refractivity contribution is -0.137. The van der Waals surface area contributed by atoms with Gasteiger partial charge in [0, 0.05) is 6.20 Å². The van der Waals surface area contributed by atoms with Crippen LogP contribution in [0.2, 0.25) is 5.02 Å². The third-order valence-corrected chi connectivity index (χ3v) is 3.67. The van der Waals surface area contributed by atoms with Crippen LogP contribution in [0.1, 0.15) is 11.1 Å². The van der Waals surface area contributed by atoms with Crippen LogP contribution in [0.5, 0.6) is 0 Å². The van der Waals surface area contributed by atoms with Crippen LogP contribution in [-0.4, -0.2) is 9.78 Å². The predicted octanol–water partition coefficient (Wildman–Crippen LogP) is 4.21. The average molecular weight is 387 g/mol. The lowest BCUT2D eigenvalue weighted by atomic mass is 10.1. The van der Waals surface area contributed by atoms with E-state index in [1.54, 1.807) is 12.3 Å². The van der Waals surface area contributed by atoms with Crippen molar-refractivity contribution in [2.75, 3.05) is 0 Å². The third kappa shape index (κ3) is 3.17. The van der Waals surface area contributed by atoms with E-state index in [-0.39, 0.29) is 6.54 Å². The molecule has 0 aliphatic heterocycles. The maximum atomic E-state index is 12.5. The summed E-state index contributed by atoms with van der Waals surface area (Å²) < 4.78 is 39.7. The molecule has 0 saturated heterocycles. The highest BCUT2D eigenvalue weighted by atomic mass is 127. The van der Waals surface area contributed by atoms with Gasteiger partial charge in [0.2, 0.25) is 0 Å². The van der Waals surface area contributed by atoms with E-state index >= 15 is 0 Å². The van der Waals surface area contributed by atoms with Gasteiger partial charge in [0.1, 0.15) is 3.70 Å². The second-order valence-corrected chi connectivity index (χ2v) is 5.09. The van der Waals surface area contributed by atoms with Crippen molar-refractivity contribution in [1.29, 1.82) is 0 Å². The Bertz CT molecular complexity index is 546. The molecule has 2 nitrogen and oxygen atoms in total. The van der Waals surface area contributed by atoms with Crippen LogP contribution >= 0.6 is 34.2 Å². The molecular formula is C11H7ClF3IN2. The maximum absolute atomic E-state index is 12.5. The molecule has 0 spiro atoms. The molecule has 18 heavy (non-hydrogen) atoms. The van der Waals surface area contributed by atoms with E-state index in [0.29, 0.717) is 14.3 Å². The second kappa shape index (κ2) is 5.08. The highest BCUT2D eigenvalue weighted by Gasteiger charge is 2.30. The number of rotatable bonds is 2. The summed E-state index contributed by atoms with van der Waals surface area (Å²) in [5, 5.41) is 4.58. The molecule has 2 aromatic rings. The van der Waals surface area contributed by atoms with Gasteiger partial charge in [-0.2, -0.15) is 18.3 Å². The monoisotopic (exact) mass is 386 g/mol. The zero-order valence-electron chi connectivity index (χ0n) is 8.88. The van der Waals surface area contributed by atoms with Crippen LogP contribution in [0.25, 0.3) is 0 Å². The smallest absolute Gasteiger partial charge is 0.266 e. The lowest BCUT2D eigenvalue weighted by Crippen LogP contribution is -2.07. The Labute approximate surface area is 120 Å². The molecule has 0 fully saturated rings. The Kier molecular flexibility index (Phi) is 3.86. The third-order valence-electron chi connectivity index (χ3n) is 2.27. The number of alkyl halides is 3. The lowest BCUT2D eigenvalue weighted by Gasteiger charge is -2.08. The first-order valence-electron chi connectivity index (χ1n) is 4.91. The van der Waals surface area contributed by atoms with E-state index in [1.807, 2.05) is 22.6 Å². The van der Waals surface area contributed by atoms with E-state index in [0.717, 1.165) is 12.1 Å². The fourth-order valence-electron chi connectivity index (χ4n) is 1.49. The molecule has 0 bridgehead atoms. The van der Waals surface area contributed by atoms with E-state index in [2.05, 4.69) is 5.10 Å². The van der Waals surface area contributed by atoms with Crippen molar-refractivity contribution < 1.29 is 13.2 Å². The molecule has 96 valence electrons. The summed E-state index contributed by atoms with van der Waals surface area (Å²) in [6.07, 6.45) is -2.74. The molecule has 0 saturated carbocycles. The summed E-state index contributed by atoms with van der Waals surface area (Å²) in [6, 6.07) is 5.16. The second-order valence-electron chi connectivity index (χ2n) is 3.66. The summed E-state index contributed by atoms with van der Waals surface area (Å²) in [6.45, 7) is 0.257. The summed E-state index contributed by atoms with van der Waals surface area (Å²) in [4.78, 5) is 0. The molecule has 1 heterocycles. The first-order chi connectivity index (χ1) is 8.36. The maximum Gasteiger partial charge on any atom is 0.416 e. The van der Waals surface area contributed by atoms with Crippen LogP contribution < -0.4 is 0 Å². The molecule has 0 aliphatic rings. The van der Waals surface area contributed by atoms with Crippen LogP contribution in [0.15, 0.2) is 30.5 Å². The molecular weight excluding hydrogens is 379 g/mol. The normalized spacial score (nSPS) is 11.8.